The van der Waals surface area contributed by atoms with E-state index in [0.29, 0.717) is 29.3 Å². The number of amides is 1. The van der Waals surface area contributed by atoms with Gasteiger partial charge in [0.25, 0.3) is 5.91 Å². The average molecular weight is 460 g/mol. The van der Waals surface area contributed by atoms with Crippen LogP contribution in [0.5, 0.6) is 11.5 Å². The third kappa shape index (κ3) is 4.24. The van der Waals surface area contributed by atoms with Crippen molar-refractivity contribution >= 4 is 5.91 Å². The molecule has 1 aromatic carbocycles. The summed E-state index contributed by atoms with van der Waals surface area (Å²) >= 11 is 0. The lowest BCUT2D eigenvalue weighted by Crippen LogP contribution is -2.31. The fourth-order valence-electron chi connectivity index (χ4n) is 4.10. The highest BCUT2D eigenvalue weighted by molar-refractivity contribution is 5.95. The number of methoxy groups -OCH3 is 2. The maximum Gasteiger partial charge on any atom is 0.417 e. The maximum absolute atomic E-state index is 13.4. The van der Waals surface area contributed by atoms with Crippen molar-refractivity contribution < 1.29 is 27.4 Å². The Bertz CT molecular complexity index is 1160. The van der Waals surface area contributed by atoms with Crippen molar-refractivity contribution in [3.05, 3.63) is 65.1 Å². The second kappa shape index (κ2) is 8.76. The lowest BCUT2D eigenvalue weighted by atomic mass is 10.0. The molecule has 1 fully saturated rings. The Kier molecular flexibility index (Phi) is 6.01. The molecule has 33 heavy (non-hydrogen) atoms. The average Bonchev–Trinajstić information content (AvgIpc) is 3.44. The summed E-state index contributed by atoms with van der Waals surface area (Å²) in [6.45, 7) is 2.28. The van der Waals surface area contributed by atoms with Crippen molar-refractivity contribution in [2.24, 2.45) is 0 Å². The van der Waals surface area contributed by atoms with Gasteiger partial charge in [0.2, 0.25) is 0 Å². The molecule has 1 saturated heterocycles. The van der Waals surface area contributed by atoms with E-state index in [-0.39, 0.29) is 17.8 Å². The molecule has 1 atom stereocenters. The Morgan fingerprint density at radius 2 is 1.85 bits per heavy atom. The molecule has 10 heteroatoms. The first kappa shape index (κ1) is 22.6. The molecule has 0 N–H and O–H groups in total. The summed E-state index contributed by atoms with van der Waals surface area (Å²) in [5, 5.41) is 4.21. The van der Waals surface area contributed by atoms with E-state index in [2.05, 4.69) is 10.1 Å². The summed E-state index contributed by atoms with van der Waals surface area (Å²) in [5.41, 5.74) is 0.976. The van der Waals surface area contributed by atoms with Crippen LogP contribution in [0.2, 0.25) is 0 Å². The number of alkyl halides is 3. The second-order valence-corrected chi connectivity index (χ2v) is 7.73. The van der Waals surface area contributed by atoms with Gasteiger partial charge in [0.05, 0.1) is 43.3 Å². The van der Waals surface area contributed by atoms with E-state index in [1.165, 1.54) is 16.9 Å². The van der Waals surface area contributed by atoms with Crippen LogP contribution in [-0.4, -0.2) is 46.3 Å². The summed E-state index contributed by atoms with van der Waals surface area (Å²) in [6, 6.07) is 7.65. The molecule has 1 aliphatic heterocycles. The van der Waals surface area contributed by atoms with E-state index in [9.17, 15) is 18.0 Å². The van der Waals surface area contributed by atoms with Crippen LogP contribution < -0.4 is 9.47 Å². The predicted octanol–water partition coefficient (Wildman–Crippen LogP) is 4.59. The Balaban J connectivity index is 1.60. The first-order chi connectivity index (χ1) is 15.7. The molecule has 1 amide bonds. The van der Waals surface area contributed by atoms with Gasteiger partial charge in [0.15, 0.2) is 17.3 Å². The van der Waals surface area contributed by atoms with Gasteiger partial charge in [-0.2, -0.15) is 18.3 Å². The number of ether oxygens (including phenoxy) is 2. The van der Waals surface area contributed by atoms with E-state index in [1.54, 1.807) is 26.0 Å². The van der Waals surface area contributed by atoms with E-state index < -0.39 is 11.7 Å². The first-order valence-corrected chi connectivity index (χ1v) is 10.4. The summed E-state index contributed by atoms with van der Waals surface area (Å²) in [7, 11) is 3.13. The highest BCUT2D eigenvalue weighted by Gasteiger charge is 2.33. The minimum Gasteiger partial charge on any atom is -0.493 e. The molecule has 0 bridgehead atoms. The van der Waals surface area contributed by atoms with Crippen molar-refractivity contribution in [2.45, 2.75) is 32.0 Å². The van der Waals surface area contributed by atoms with Gasteiger partial charge in [-0.25, -0.2) is 9.67 Å². The van der Waals surface area contributed by atoms with Crippen LogP contribution in [0, 0.1) is 6.92 Å². The normalized spacial score (nSPS) is 16.2. The van der Waals surface area contributed by atoms with Gasteiger partial charge in [-0.1, -0.05) is 6.07 Å². The van der Waals surface area contributed by atoms with Gasteiger partial charge in [-0.3, -0.25) is 4.79 Å². The molecular weight excluding hydrogens is 437 g/mol. The third-order valence-electron chi connectivity index (χ3n) is 5.84. The van der Waals surface area contributed by atoms with Gasteiger partial charge in [0.1, 0.15) is 0 Å². The number of halogens is 3. The van der Waals surface area contributed by atoms with Crippen LogP contribution in [0.3, 0.4) is 0 Å². The molecule has 1 unspecified atom stereocenters. The fourth-order valence-corrected chi connectivity index (χ4v) is 4.10. The van der Waals surface area contributed by atoms with Gasteiger partial charge in [-0.15, -0.1) is 0 Å². The number of likely N-dealkylation sites (tertiary alicyclic amines) is 1. The molecule has 3 heterocycles. The number of rotatable bonds is 5. The van der Waals surface area contributed by atoms with Crippen molar-refractivity contribution in [1.82, 2.24) is 19.7 Å². The summed E-state index contributed by atoms with van der Waals surface area (Å²) in [5.74, 6) is 1.21. The number of aromatic nitrogens is 3. The minimum atomic E-state index is -4.47. The molecule has 0 spiro atoms. The molecule has 1 aliphatic rings. The molecule has 0 radical (unpaired) electrons. The number of hydrogen-bond donors (Lipinski definition) is 0. The van der Waals surface area contributed by atoms with Crippen LogP contribution in [0.15, 0.2) is 42.7 Å². The van der Waals surface area contributed by atoms with E-state index >= 15 is 0 Å². The molecule has 7 nitrogen and oxygen atoms in total. The van der Waals surface area contributed by atoms with Crippen LogP contribution in [0.25, 0.3) is 5.82 Å². The zero-order chi connectivity index (χ0) is 23.8. The lowest BCUT2D eigenvalue weighted by Gasteiger charge is -2.25. The third-order valence-corrected chi connectivity index (χ3v) is 5.84. The number of nitrogens with zero attached hydrogens (tertiary/aromatic N) is 4. The standard InChI is InChI=1S/C23H23F3N4O3/c1-14-17(13-28-30(14)21-9-7-16(12-27-21)23(24,25)26)22(31)29-10-4-5-18(29)15-6-8-19(32-2)20(11-15)33-3/h6-9,11-13,18H,4-5,10H2,1-3H3. The highest BCUT2D eigenvalue weighted by Crippen LogP contribution is 2.38. The molecule has 0 saturated carbocycles. The molecule has 3 aromatic rings. The van der Waals surface area contributed by atoms with E-state index in [1.807, 2.05) is 18.2 Å². The quantitative estimate of drug-likeness (QED) is 0.557. The number of carbonyl (C=O) groups is 1. The van der Waals surface area contributed by atoms with Crippen molar-refractivity contribution in [3.8, 4) is 17.3 Å². The van der Waals surface area contributed by atoms with Gasteiger partial charge in [0, 0.05) is 12.7 Å². The Morgan fingerprint density at radius 3 is 2.48 bits per heavy atom. The molecule has 0 aliphatic carbocycles. The zero-order valence-electron chi connectivity index (χ0n) is 18.4. The fraction of sp³-hybridized carbons (Fsp3) is 0.348. The van der Waals surface area contributed by atoms with Crippen molar-refractivity contribution in [1.29, 1.82) is 0 Å². The first-order valence-electron chi connectivity index (χ1n) is 10.4. The monoisotopic (exact) mass is 460 g/mol. The van der Waals surface area contributed by atoms with Crippen LogP contribution >= 0.6 is 0 Å². The number of pyridine rings is 1. The second-order valence-electron chi connectivity index (χ2n) is 7.73. The van der Waals surface area contributed by atoms with Crippen LogP contribution in [0.1, 0.15) is 46.1 Å². The molecule has 174 valence electrons. The Morgan fingerprint density at radius 1 is 1.09 bits per heavy atom. The van der Waals surface area contributed by atoms with Gasteiger partial charge in [-0.05, 0) is 49.6 Å². The van der Waals surface area contributed by atoms with E-state index in [4.69, 9.17) is 9.47 Å². The highest BCUT2D eigenvalue weighted by atomic mass is 19.4. The Labute approximate surface area is 188 Å². The maximum atomic E-state index is 13.4. The number of hydrogen-bond acceptors (Lipinski definition) is 5. The van der Waals surface area contributed by atoms with Crippen LogP contribution in [0.4, 0.5) is 13.2 Å². The van der Waals surface area contributed by atoms with Crippen LogP contribution in [-0.2, 0) is 6.18 Å². The van der Waals surface area contributed by atoms with E-state index in [0.717, 1.165) is 30.7 Å². The molecular formula is C23H23F3N4O3. The number of benzene rings is 1. The largest absolute Gasteiger partial charge is 0.493 e. The topological polar surface area (TPSA) is 69.5 Å². The van der Waals surface area contributed by atoms with Gasteiger partial charge >= 0.3 is 6.18 Å². The Hall–Kier alpha value is -3.56. The SMILES string of the molecule is COc1ccc(C2CCCN2C(=O)c2cnn(-c3ccc(C(F)(F)F)cn3)c2C)cc1OC. The smallest absolute Gasteiger partial charge is 0.417 e. The number of carbonyl (C=O) groups excluding carboxylic acids is 1. The summed E-state index contributed by atoms with van der Waals surface area (Å²) in [6.07, 6.45) is -0.638. The van der Waals surface area contributed by atoms with Crippen molar-refractivity contribution in [3.63, 3.8) is 0 Å². The zero-order valence-corrected chi connectivity index (χ0v) is 18.4. The molecule has 4 rings (SSSR count). The summed E-state index contributed by atoms with van der Waals surface area (Å²) in [4.78, 5) is 19.1. The summed E-state index contributed by atoms with van der Waals surface area (Å²) < 4.78 is 50.5. The molecule has 2 aromatic heterocycles. The lowest BCUT2D eigenvalue weighted by molar-refractivity contribution is -0.137. The van der Waals surface area contributed by atoms with Gasteiger partial charge < -0.3 is 14.4 Å². The van der Waals surface area contributed by atoms with Crippen molar-refractivity contribution in [2.75, 3.05) is 20.8 Å². The predicted molar refractivity (Wildman–Crippen MR) is 114 cm³/mol. The minimum absolute atomic E-state index is 0.135.